The van der Waals surface area contributed by atoms with E-state index in [4.69, 9.17) is 16.1 Å². The highest BCUT2D eigenvalue weighted by Crippen LogP contribution is 2.28. The number of rotatable bonds is 6. The first-order valence-corrected chi connectivity index (χ1v) is 10.7. The first kappa shape index (κ1) is 20.6. The fourth-order valence-electron chi connectivity index (χ4n) is 3.97. The van der Waals surface area contributed by atoms with Crippen molar-refractivity contribution >= 4 is 17.5 Å². The molecule has 4 rings (SSSR count). The average Bonchev–Trinajstić information content (AvgIpc) is 3.25. The Kier molecular flexibility index (Phi) is 6.21. The number of hydrogen-bond donors (Lipinski definition) is 1. The molecule has 0 radical (unpaired) electrons. The summed E-state index contributed by atoms with van der Waals surface area (Å²) in [5, 5.41) is 7.66. The highest BCUT2D eigenvalue weighted by molar-refractivity contribution is 6.30. The minimum Gasteiger partial charge on any atom is -0.355 e. The lowest BCUT2D eigenvalue weighted by atomic mass is 9.90. The predicted octanol–water partition coefficient (Wildman–Crippen LogP) is 4.91. The van der Waals surface area contributed by atoms with Crippen LogP contribution in [0, 0.1) is 0 Å². The molecule has 0 fully saturated rings. The number of aryl methyl sites for hydroxylation is 2. The third-order valence-electron chi connectivity index (χ3n) is 5.71. The van der Waals surface area contributed by atoms with Gasteiger partial charge in [0.15, 0.2) is 11.5 Å². The third-order valence-corrected chi connectivity index (χ3v) is 5.96. The molecule has 156 valence electrons. The molecular formula is C24H26ClN3O2. The number of nitrogens with one attached hydrogen (secondary N) is 1. The minimum atomic E-state index is -0.247. The van der Waals surface area contributed by atoms with Crippen molar-refractivity contribution in [2.24, 2.45) is 0 Å². The molecule has 1 heterocycles. The number of carbonyl (C=O) groups is 1. The number of aromatic nitrogens is 1. The van der Waals surface area contributed by atoms with Gasteiger partial charge >= 0.3 is 0 Å². The number of benzene rings is 2. The monoisotopic (exact) mass is 423 g/mol. The maximum atomic E-state index is 12.7. The van der Waals surface area contributed by atoms with Crippen LogP contribution < -0.4 is 5.32 Å². The van der Waals surface area contributed by atoms with E-state index in [-0.39, 0.29) is 17.6 Å². The fourth-order valence-corrected chi connectivity index (χ4v) is 4.09. The van der Waals surface area contributed by atoms with E-state index in [0.717, 1.165) is 24.0 Å². The molecule has 1 atom stereocenters. The smallest absolute Gasteiger partial charge is 0.273 e. The average molecular weight is 424 g/mol. The van der Waals surface area contributed by atoms with Gasteiger partial charge in [-0.3, -0.25) is 4.79 Å². The molecule has 30 heavy (non-hydrogen) atoms. The van der Waals surface area contributed by atoms with E-state index in [9.17, 15) is 4.79 Å². The van der Waals surface area contributed by atoms with Crippen molar-refractivity contribution in [3.8, 4) is 11.3 Å². The second-order valence-electron chi connectivity index (χ2n) is 8.01. The second-order valence-corrected chi connectivity index (χ2v) is 8.44. The summed E-state index contributed by atoms with van der Waals surface area (Å²) in [6.07, 6.45) is 4.71. The summed E-state index contributed by atoms with van der Waals surface area (Å²) in [4.78, 5) is 14.7. The molecular weight excluding hydrogens is 398 g/mol. The molecule has 1 aliphatic carbocycles. The molecule has 1 amide bonds. The molecule has 1 aliphatic rings. The first-order valence-electron chi connectivity index (χ1n) is 10.3. The Bertz CT molecular complexity index is 1030. The molecule has 3 aromatic rings. The number of carbonyl (C=O) groups excluding carboxylic acids is 1. The molecule has 5 nitrogen and oxygen atoms in total. The molecule has 2 aromatic carbocycles. The van der Waals surface area contributed by atoms with Crippen molar-refractivity contribution in [3.63, 3.8) is 0 Å². The zero-order valence-electron chi connectivity index (χ0n) is 17.3. The zero-order chi connectivity index (χ0) is 21.1. The van der Waals surface area contributed by atoms with Crippen LogP contribution in [-0.4, -0.2) is 36.6 Å². The predicted molar refractivity (Wildman–Crippen MR) is 119 cm³/mol. The summed E-state index contributed by atoms with van der Waals surface area (Å²) in [6.45, 7) is 0.453. The Morgan fingerprint density at radius 3 is 2.57 bits per heavy atom. The van der Waals surface area contributed by atoms with Gasteiger partial charge < -0.3 is 14.7 Å². The van der Waals surface area contributed by atoms with Crippen LogP contribution in [0.2, 0.25) is 5.02 Å². The summed E-state index contributed by atoms with van der Waals surface area (Å²) in [6, 6.07) is 15.8. The molecule has 0 saturated heterocycles. The summed E-state index contributed by atoms with van der Waals surface area (Å²) >= 11 is 5.99. The Morgan fingerprint density at radius 2 is 1.83 bits per heavy atom. The first-order chi connectivity index (χ1) is 14.5. The van der Waals surface area contributed by atoms with E-state index >= 15 is 0 Å². The highest BCUT2D eigenvalue weighted by Gasteiger charge is 2.19. The van der Waals surface area contributed by atoms with Crippen molar-refractivity contribution in [3.05, 3.63) is 75.9 Å². The van der Waals surface area contributed by atoms with Gasteiger partial charge in [-0.05, 0) is 74.7 Å². The third kappa shape index (κ3) is 4.58. The van der Waals surface area contributed by atoms with E-state index in [0.29, 0.717) is 17.3 Å². The molecule has 0 bridgehead atoms. The van der Waals surface area contributed by atoms with Crippen LogP contribution in [-0.2, 0) is 12.8 Å². The highest BCUT2D eigenvalue weighted by atomic mass is 35.5. The van der Waals surface area contributed by atoms with E-state index in [1.807, 2.05) is 38.4 Å². The summed E-state index contributed by atoms with van der Waals surface area (Å²) in [5.74, 6) is 0.374. The van der Waals surface area contributed by atoms with Crippen LogP contribution >= 0.6 is 11.6 Å². The standard InChI is InChI=1S/C24H26ClN3O2/c1-28(2)22(17-9-11-20(25)12-10-17)15-26-24(29)21-14-23(30-27-21)19-8-7-16-5-3-4-6-18(16)13-19/h7-14,22H,3-6,15H2,1-2H3,(H,26,29). The van der Waals surface area contributed by atoms with Gasteiger partial charge in [-0.1, -0.05) is 41.0 Å². The summed E-state index contributed by atoms with van der Waals surface area (Å²) < 4.78 is 5.48. The van der Waals surface area contributed by atoms with Crippen molar-refractivity contribution in [2.75, 3.05) is 20.6 Å². The van der Waals surface area contributed by atoms with Gasteiger partial charge in [-0.25, -0.2) is 0 Å². The molecule has 0 saturated carbocycles. The SMILES string of the molecule is CN(C)C(CNC(=O)c1cc(-c2ccc3c(c2)CCCC3)on1)c1ccc(Cl)cc1. The molecule has 1 aromatic heterocycles. The van der Waals surface area contributed by atoms with Gasteiger partial charge in [0.1, 0.15) is 0 Å². The lowest BCUT2D eigenvalue weighted by Crippen LogP contribution is -2.34. The van der Waals surface area contributed by atoms with Gasteiger partial charge in [0.05, 0.1) is 6.04 Å². The van der Waals surface area contributed by atoms with E-state index in [1.165, 1.54) is 24.0 Å². The van der Waals surface area contributed by atoms with Gasteiger partial charge in [-0.15, -0.1) is 0 Å². The number of halogens is 1. The van der Waals surface area contributed by atoms with E-state index in [2.05, 4.69) is 33.6 Å². The van der Waals surface area contributed by atoms with Crippen LogP contribution in [0.3, 0.4) is 0 Å². The lowest BCUT2D eigenvalue weighted by Gasteiger charge is -2.25. The normalized spacial score (nSPS) is 14.4. The van der Waals surface area contributed by atoms with Crippen molar-refractivity contribution in [2.45, 2.75) is 31.7 Å². The van der Waals surface area contributed by atoms with Crippen molar-refractivity contribution in [1.29, 1.82) is 0 Å². The number of amides is 1. The largest absolute Gasteiger partial charge is 0.355 e. The topological polar surface area (TPSA) is 58.4 Å². The van der Waals surface area contributed by atoms with E-state index in [1.54, 1.807) is 6.07 Å². The number of hydrogen-bond acceptors (Lipinski definition) is 4. The fraction of sp³-hybridized carbons (Fsp3) is 0.333. The summed E-state index contributed by atoms with van der Waals surface area (Å²) in [7, 11) is 3.96. The van der Waals surface area contributed by atoms with Crippen molar-refractivity contribution in [1.82, 2.24) is 15.4 Å². The molecule has 0 spiro atoms. The van der Waals surface area contributed by atoms with Crippen LogP contribution in [0.4, 0.5) is 0 Å². The van der Waals surface area contributed by atoms with Gasteiger partial charge in [-0.2, -0.15) is 0 Å². The number of likely N-dealkylation sites (N-methyl/N-ethyl adjacent to an activating group) is 1. The molecule has 0 aliphatic heterocycles. The molecule has 1 unspecified atom stereocenters. The van der Waals surface area contributed by atoms with Crippen LogP contribution in [0.1, 0.15) is 46.1 Å². The maximum Gasteiger partial charge on any atom is 0.273 e. The Morgan fingerprint density at radius 1 is 1.10 bits per heavy atom. The lowest BCUT2D eigenvalue weighted by molar-refractivity contribution is 0.0933. The molecule has 6 heteroatoms. The minimum absolute atomic E-state index is 0.0261. The Labute approximate surface area is 182 Å². The quantitative estimate of drug-likeness (QED) is 0.612. The van der Waals surface area contributed by atoms with Crippen LogP contribution in [0.25, 0.3) is 11.3 Å². The van der Waals surface area contributed by atoms with Crippen LogP contribution in [0.15, 0.2) is 53.1 Å². The van der Waals surface area contributed by atoms with E-state index < -0.39 is 0 Å². The summed E-state index contributed by atoms with van der Waals surface area (Å²) in [5.41, 5.74) is 5.13. The number of nitrogens with zero attached hydrogens (tertiary/aromatic N) is 2. The second kappa shape index (κ2) is 9.02. The van der Waals surface area contributed by atoms with Crippen LogP contribution in [0.5, 0.6) is 0 Å². The zero-order valence-corrected chi connectivity index (χ0v) is 18.1. The van der Waals surface area contributed by atoms with Crippen molar-refractivity contribution < 1.29 is 9.32 Å². The Hall–Kier alpha value is -2.63. The molecule has 1 N–H and O–H groups in total. The number of fused-ring (bicyclic) bond motifs is 1. The Balaban J connectivity index is 1.44. The van der Waals surface area contributed by atoms with Gasteiger partial charge in [0.25, 0.3) is 5.91 Å². The van der Waals surface area contributed by atoms with Gasteiger partial charge in [0, 0.05) is 23.2 Å². The van der Waals surface area contributed by atoms with Gasteiger partial charge in [0.2, 0.25) is 0 Å². The maximum absolute atomic E-state index is 12.7.